The zero-order valence-electron chi connectivity index (χ0n) is 35.5. The van der Waals surface area contributed by atoms with Crippen molar-refractivity contribution in [3.8, 4) is 0 Å². The maximum Gasteiger partial charge on any atom is 0.315 e. The summed E-state index contributed by atoms with van der Waals surface area (Å²) >= 11 is 7.45. The molecule has 0 unspecified atom stereocenters. The molecule has 4 heterocycles. The Labute approximate surface area is 377 Å². The molecule has 0 radical (unpaired) electrons. The summed E-state index contributed by atoms with van der Waals surface area (Å²) in [6, 6.07) is 7.20. The monoisotopic (exact) mass is 912 g/mol. The number of H-pyrrole nitrogens is 1. The molecule has 21 heteroatoms. The molecule has 3 aliphatic heterocycles. The molecule has 0 bridgehead atoms. The summed E-state index contributed by atoms with van der Waals surface area (Å²) in [5, 5.41) is 21.6. The molecule has 1 aromatic heterocycles. The van der Waals surface area contributed by atoms with E-state index in [1.807, 2.05) is 36.0 Å². The molecule has 344 valence electrons. The number of carbonyl (C=O) groups excluding carboxylic acids is 6. The fourth-order valence-corrected chi connectivity index (χ4v) is 8.81. The van der Waals surface area contributed by atoms with Gasteiger partial charge in [0.2, 0.25) is 17.7 Å². The van der Waals surface area contributed by atoms with Crippen LogP contribution in [0.3, 0.4) is 0 Å². The lowest BCUT2D eigenvalue weighted by atomic mass is 10.0. The van der Waals surface area contributed by atoms with Crippen molar-refractivity contribution in [2.45, 2.75) is 87.7 Å². The molecule has 8 N–H and O–H groups in total. The van der Waals surface area contributed by atoms with E-state index in [4.69, 9.17) is 26.4 Å². The van der Waals surface area contributed by atoms with Gasteiger partial charge in [0.1, 0.15) is 6.04 Å². The van der Waals surface area contributed by atoms with Crippen molar-refractivity contribution in [2.75, 3.05) is 70.3 Å². The molecule has 0 spiro atoms. The van der Waals surface area contributed by atoms with Crippen LogP contribution in [-0.2, 0) is 51.1 Å². The average molecular weight is 913 g/mol. The number of fused-ring (bicyclic) bond motifs is 1. The van der Waals surface area contributed by atoms with Gasteiger partial charge < -0.3 is 56.4 Å². The zero-order chi connectivity index (χ0) is 44.7. The number of anilines is 1. The van der Waals surface area contributed by atoms with E-state index in [1.165, 1.54) is 12.2 Å². The number of thiocarbonyl (C=S) groups is 1. The Hall–Kier alpha value is -5.09. The van der Waals surface area contributed by atoms with E-state index in [9.17, 15) is 28.8 Å². The Morgan fingerprint density at radius 1 is 0.825 bits per heavy atom. The van der Waals surface area contributed by atoms with Gasteiger partial charge in [-0.05, 0) is 62.0 Å². The van der Waals surface area contributed by atoms with Crippen LogP contribution in [0.1, 0.15) is 62.6 Å². The summed E-state index contributed by atoms with van der Waals surface area (Å²) in [6.07, 6.45) is 11.1. The molecule has 1 aromatic carbocycles. The first-order valence-electron chi connectivity index (χ1n) is 21.5. The van der Waals surface area contributed by atoms with Gasteiger partial charge >= 0.3 is 6.03 Å². The lowest BCUT2D eigenvalue weighted by Gasteiger charge is -2.20. The van der Waals surface area contributed by atoms with Gasteiger partial charge in [-0.15, -0.1) is 0 Å². The average Bonchev–Trinajstić information content (AvgIpc) is 4.07. The smallest absolute Gasteiger partial charge is 0.315 e. The van der Waals surface area contributed by atoms with Gasteiger partial charge in [0.15, 0.2) is 5.11 Å². The Kier molecular flexibility index (Phi) is 21.1. The minimum atomic E-state index is -0.666. The standard InChI is InChI=1S/C42H60N10O9S2/c53-35(8-3-17-52-37(55)13-14-38(52)56)44-15-4-18-59-20-22-61-23-21-60-19-5-16-45-40(57)32(24-31-26-43-28-47-31)50-42(62)48-30-11-9-29(10-12-30)25-46-36(54)7-2-1-6-34-39-33(27-63-34)49-41(58)51-39/h9-14,26,28,32-34,39H,1-8,15-25,27H2,(H,43,47)(H,44,53)(H,45,57)(H,46,54)(H2,48,50,62)(H2,49,51,58)/t32-,33-,34-,39-/m0/s1. The number of thioether (sulfide) groups is 1. The van der Waals surface area contributed by atoms with Crippen LogP contribution in [0.25, 0.3) is 0 Å². The van der Waals surface area contributed by atoms with E-state index in [-0.39, 0.29) is 65.7 Å². The second kappa shape index (κ2) is 27.2. The highest BCUT2D eigenvalue weighted by molar-refractivity contribution is 8.00. The number of imidazole rings is 1. The summed E-state index contributed by atoms with van der Waals surface area (Å²) in [6.45, 7) is 4.05. The Bertz CT molecular complexity index is 1820. The van der Waals surface area contributed by atoms with E-state index in [1.54, 1.807) is 12.5 Å². The number of nitrogens with one attached hydrogen (secondary N) is 8. The van der Waals surface area contributed by atoms with Crippen molar-refractivity contribution in [3.63, 3.8) is 0 Å². The fourth-order valence-electron chi connectivity index (χ4n) is 7.01. The number of rotatable bonds is 30. The number of hydrogen-bond acceptors (Lipinski definition) is 12. The Morgan fingerprint density at radius 3 is 2.19 bits per heavy atom. The first kappa shape index (κ1) is 48.9. The molecule has 4 atom stereocenters. The Balaban J connectivity index is 0.849. The van der Waals surface area contributed by atoms with Crippen LogP contribution in [-0.4, -0.2) is 144 Å². The summed E-state index contributed by atoms with van der Waals surface area (Å²) in [5.74, 6) is -0.108. The predicted molar refractivity (Wildman–Crippen MR) is 240 cm³/mol. The highest BCUT2D eigenvalue weighted by Crippen LogP contribution is 2.33. The topological polar surface area (TPSA) is 246 Å². The number of ether oxygens (including phenoxy) is 3. The highest BCUT2D eigenvalue weighted by Gasteiger charge is 2.42. The van der Waals surface area contributed by atoms with Crippen LogP contribution in [0.5, 0.6) is 0 Å². The third-order valence-electron chi connectivity index (χ3n) is 10.4. The van der Waals surface area contributed by atoms with Gasteiger partial charge in [-0.3, -0.25) is 28.9 Å². The van der Waals surface area contributed by atoms with Gasteiger partial charge in [0.05, 0.1) is 44.8 Å². The van der Waals surface area contributed by atoms with E-state index in [0.29, 0.717) is 96.6 Å². The molecule has 2 saturated heterocycles. The quantitative estimate of drug-likeness (QED) is 0.0239. The normalized spacial score (nSPS) is 18.1. The lowest BCUT2D eigenvalue weighted by Crippen LogP contribution is -2.49. The van der Waals surface area contributed by atoms with Gasteiger partial charge in [0, 0.05) is 99.4 Å². The van der Waals surface area contributed by atoms with Crippen molar-refractivity contribution < 1.29 is 43.0 Å². The zero-order valence-corrected chi connectivity index (χ0v) is 37.1. The van der Waals surface area contributed by atoms with Crippen molar-refractivity contribution in [1.29, 1.82) is 0 Å². The van der Waals surface area contributed by atoms with Crippen LogP contribution >= 0.6 is 24.0 Å². The van der Waals surface area contributed by atoms with Gasteiger partial charge in [-0.1, -0.05) is 18.6 Å². The van der Waals surface area contributed by atoms with Crippen LogP contribution < -0.4 is 37.2 Å². The van der Waals surface area contributed by atoms with Crippen molar-refractivity contribution >= 4 is 70.3 Å². The minimum absolute atomic E-state index is 0.00543. The van der Waals surface area contributed by atoms with Crippen LogP contribution in [0, 0.1) is 0 Å². The van der Waals surface area contributed by atoms with Gasteiger partial charge in [0.25, 0.3) is 11.8 Å². The molecule has 19 nitrogen and oxygen atoms in total. The predicted octanol–water partition coefficient (Wildman–Crippen LogP) is 1.42. The van der Waals surface area contributed by atoms with E-state index >= 15 is 0 Å². The SMILES string of the molecule is O=C(CCCN1C(=O)C=CC1=O)NCCCOCCOCCOCCCNC(=O)[C@H](Cc1cnc[nH]1)NC(=S)Nc1ccc(CNC(=O)CCCC[C@@H]2SC[C@@H]3NC(=O)N[C@@H]32)cc1. The molecule has 0 aliphatic carbocycles. The van der Waals surface area contributed by atoms with E-state index in [2.05, 4.69) is 47.2 Å². The van der Waals surface area contributed by atoms with Crippen LogP contribution in [0.15, 0.2) is 48.9 Å². The summed E-state index contributed by atoms with van der Waals surface area (Å²) in [7, 11) is 0. The number of hydrogen-bond donors (Lipinski definition) is 8. The number of amides is 7. The molecule has 7 amide bonds. The molecule has 2 aromatic rings. The molecule has 63 heavy (non-hydrogen) atoms. The Morgan fingerprint density at radius 2 is 1.49 bits per heavy atom. The van der Waals surface area contributed by atoms with Crippen molar-refractivity contribution in [2.24, 2.45) is 0 Å². The second-order valence-corrected chi connectivity index (χ2v) is 16.9. The lowest BCUT2D eigenvalue weighted by molar-refractivity contribution is -0.137. The summed E-state index contributed by atoms with van der Waals surface area (Å²) < 4.78 is 16.7. The first-order valence-corrected chi connectivity index (χ1v) is 23.0. The summed E-state index contributed by atoms with van der Waals surface area (Å²) in [4.78, 5) is 80.5. The highest BCUT2D eigenvalue weighted by atomic mass is 32.2. The van der Waals surface area contributed by atoms with E-state index < -0.39 is 6.04 Å². The third-order valence-corrected chi connectivity index (χ3v) is 12.1. The number of aromatic amines is 1. The number of imide groups is 1. The number of aromatic nitrogens is 2. The molecule has 2 fully saturated rings. The van der Waals surface area contributed by atoms with Crippen molar-refractivity contribution in [1.82, 2.24) is 46.8 Å². The molecule has 0 saturated carbocycles. The maximum absolute atomic E-state index is 13.2. The fraction of sp³-hybridized carbons (Fsp3) is 0.571. The molecule has 5 rings (SSSR count). The largest absolute Gasteiger partial charge is 0.379 e. The van der Waals surface area contributed by atoms with Crippen molar-refractivity contribution in [3.05, 3.63) is 60.2 Å². The number of unbranched alkanes of at least 4 members (excludes halogenated alkanes) is 1. The molecule has 3 aliphatic rings. The third kappa shape index (κ3) is 17.9. The number of benzene rings is 1. The van der Waals surface area contributed by atoms with Crippen LogP contribution in [0.4, 0.5) is 10.5 Å². The number of urea groups is 1. The molecular weight excluding hydrogens is 853 g/mol. The molecular formula is C42H60N10O9S2. The maximum atomic E-state index is 13.2. The number of nitrogens with zero attached hydrogens (tertiary/aromatic N) is 2. The summed E-state index contributed by atoms with van der Waals surface area (Å²) in [5.41, 5.74) is 2.45. The van der Waals surface area contributed by atoms with Gasteiger partial charge in [-0.2, -0.15) is 11.8 Å². The van der Waals surface area contributed by atoms with Crippen LogP contribution in [0.2, 0.25) is 0 Å². The minimum Gasteiger partial charge on any atom is -0.379 e. The number of carbonyl (C=O) groups is 6. The first-order chi connectivity index (χ1) is 30.6. The van der Waals surface area contributed by atoms with E-state index in [0.717, 1.165) is 46.9 Å². The van der Waals surface area contributed by atoms with Gasteiger partial charge in [-0.25, -0.2) is 9.78 Å². The second-order valence-electron chi connectivity index (χ2n) is 15.2.